The highest BCUT2D eigenvalue weighted by Crippen LogP contribution is 2.25. The van der Waals surface area contributed by atoms with Crippen molar-refractivity contribution in [2.45, 2.75) is 45.2 Å². The van der Waals surface area contributed by atoms with Crippen LogP contribution in [0, 0.1) is 11.3 Å². The number of anilines is 1. The van der Waals surface area contributed by atoms with Crippen molar-refractivity contribution in [3.05, 3.63) is 77.3 Å². The molecule has 1 aliphatic carbocycles. The molecule has 158 valence electrons. The topological polar surface area (TPSA) is 76.3 Å². The maximum absolute atomic E-state index is 10.00. The SMILES string of the molecule is CC1=CNC(=NC2CCCC2)NC1=C(C#N)c1cccc(N(C)Cc2ccccc2)n1. The van der Waals surface area contributed by atoms with Crippen LogP contribution in [0.1, 0.15) is 43.9 Å². The minimum Gasteiger partial charge on any atom is -0.355 e. The third-order valence-corrected chi connectivity index (χ3v) is 5.71. The minimum absolute atomic E-state index is 0.349. The molecule has 2 N–H and O–H groups in total. The van der Waals surface area contributed by atoms with Crippen LogP contribution in [-0.2, 0) is 6.54 Å². The van der Waals surface area contributed by atoms with E-state index in [0.29, 0.717) is 23.3 Å². The van der Waals surface area contributed by atoms with Crippen molar-refractivity contribution in [1.29, 1.82) is 5.26 Å². The number of aliphatic imine (C=N–C) groups is 1. The molecule has 2 aliphatic rings. The zero-order valence-electron chi connectivity index (χ0n) is 18.1. The van der Waals surface area contributed by atoms with Crippen molar-refractivity contribution < 1.29 is 0 Å². The lowest BCUT2D eigenvalue weighted by Crippen LogP contribution is -2.39. The van der Waals surface area contributed by atoms with Gasteiger partial charge in [-0.2, -0.15) is 5.26 Å². The lowest BCUT2D eigenvalue weighted by molar-refractivity contribution is 0.696. The summed E-state index contributed by atoms with van der Waals surface area (Å²) in [5.41, 5.74) is 4.09. The van der Waals surface area contributed by atoms with Gasteiger partial charge in [0, 0.05) is 19.8 Å². The number of rotatable bonds is 5. The van der Waals surface area contributed by atoms with E-state index in [1.54, 1.807) is 0 Å². The van der Waals surface area contributed by atoms with Gasteiger partial charge >= 0.3 is 0 Å². The summed E-state index contributed by atoms with van der Waals surface area (Å²) in [5.74, 6) is 1.53. The van der Waals surface area contributed by atoms with E-state index in [-0.39, 0.29) is 0 Å². The van der Waals surface area contributed by atoms with Gasteiger partial charge in [-0.25, -0.2) is 9.98 Å². The van der Waals surface area contributed by atoms with Crippen LogP contribution in [0.5, 0.6) is 0 Å². The number of pyridine rings is 1. The highest BCUT2D eigenvalue weighted by molar-refractivity contribution is 5.91. The molecule has 0 unspecified atom stereocenters. The van der Waals surface area contributed by atoms with Crippen molar-refractivity contribution in [1.82, 2.24) is 15.6 Å². The maximum atomic E-state index is 10.00. The third-order valence-electron chi connectivity index (χ3n) is 5.71. The highest BCUT2D eigenvalue weighted by Gasteiger charge is 2.20. The van der Waals surface area contributed by atoms with Gasteiger partial charge in [0.25, 0.3) is 0 Å². The molecule has 0 bridgehead atoms. The van der Waals surface area contributed by atoms with Crippen molar-refractivity contribution in [3.63, 3.8) is 0 Å². The third kappa shape index (κ3) is 4.95. The number of nitriles is 1. The first-order valence-electron chi connectivity index (χ1n) is 10.8. The molecule has 6 nitrogen and oxygen atoms in total. The average Bonchev–Trinajstić information content (AvgIpc) is 3.30. The summed E-state index contributed by atoms with van der Waals surface area (Å²) in [6.45, 7) is 2.72. The quantitative estimate of drug-likeness (QED) is 0.714. The van der Waals surface area contributed by atoms with Gasteiger partial charge in [0.05, 0.1) is 17.4 Å². The Morgan fingerprint density at radius 2 is 1.94 bits per heavy atom. The van der Waals surface area contributed by atoms with Crippen LogP contribution in [0.25, 0.3) is 5.57 Å². The number of allylic oxidation sites excluding steroid dienone is 2. The lowest BCUT2D eigenvalue weighted by Gasteiger charge is -2.23. The molecule has 2 aromatic rings. The van der Waals surface area contributed by atoms with Gasteiger partial charge in [0.1, 0.15) is 17.5 Å². The van der Waals surface area contributed by atoms with E-state index in [9.17, 15) is 5.26 Å². The van der Waals surface area contributed by atoms with E-state index in [1.807, 2.05) is 56.6 Å². The number of guanidine groups is 1. The summed E-state index contributed by atoms with van der Waals surface area (Å²) in [5, 5.41) is 16.6. The van der Waals surface area contributed by atoms with E-state index < -0.39 is 0 Å². The average molecular weight is 413 g/mol. The first-order chi connectivity index (χ1) is 15.1. The molecule has 0 amide bonds. The second-order valence-electron chi connectivity index (χ2n) is 8.10. The predicted molar refractivity (Wildman–Crippen MR) is 125 cm³/mol. The van der Waals surface area contributed by atoms with E-state index in [4.69, 9.17) is 9.98 Å². The largest absolute Gasteiger partial charge is 0.355 e. The standard InChI is InChI=1S/C25H28N6/c1-18-16-27-25(28-20-11-6-7-12-20)30-24(18)21(15-26)22-13-8-14-23(29-22)31(2)17-19-9-4-3-5-10-19/h3-5,8-10,13-14,16,20H,6-7,11-12,17H2,1-2H3,(H2,27,28,30). The van der Waals surface area contributed by atoms with Crippen LogP contribution < -0.4 is 15.5 Å². The van der Waals surface area contributed by atoms with Gasteiger partial charge in [0.2, 0.25) is 0 Å². The van der Waals surface area contributed by atoms with Gasteiger partial charge in [-0.15, -0.1) is 0 Å². The molecule has 31 heavy (non-hydrogen) atoms. The Morgan fingerprint density at radius 1 is 1.16 bits per heavy atom. The van der Waals surface area contributed by atoms with Gasteiger partial charge in [0.15, 0.2) is 5.96 Å². The molecule has 1 fully saturated rings. The van der Waals surface area contributed by atoms with Crippen LogP contribution in [-0.4, -0.2) is 24.0 Å². The minimum atomic E-state index is 0.349. The summed E-state index contributed by atoms with van der Waals surface area (Å²) in [4.78, 5) is 11.7. The molecule has 0 radical (unpaired) electrons. The molecule has 0 atom stereocenters. The molecule has 1 aromatic carbocycles. The molecule has 1 saturated carbocycles. The van der Waals surface area contributed by atoms with Crippen molar-refractivity contribution in [2.75, 3.05) is 11.9 Å². The van der Waals surface area contributed by atoms with Crippen LogP contribution in [0.15, 0.2) is 71.0 Å². The van der Waals surface area contributed by atoms with E-state index >= 15 is 0 Å². The molecule has 1 aromatic heterocycles. The number of aromatic nitrogens is 1. The van der Waals surface area contributed by atoms with Gasteiger partial charge < -0.3 is 15.5 Å². The number of hydrogen-bond acceptors (Lipinski definition) is 4. The van der Waals surface area contributed by atoms with Gasteiger partial charge in [-0.05, 0) is 43.0 Å². The second-order valence-corrected chi connectivity index (χ2v) is 8.10. The van der Waals surface area contributed by atoms with Crippen LogP contribution in [0.4, 0.5) is 5.82 Å². The van der Waals surface area contributed by atoms with E-state index in [2.05, 4.69) is 33.7 Å². The Hall–Kier alpha value is -3.59. The smallest absolute Gasteiger partial charge is 0.200 e. The Labute approximate surface area is 184 Å². The first-order valence-corrected chi connectivity index (χ1v) is 10.8. The van der Waals surface area contributed by atoms with Crippen LogP contribution in [0.3, 0.4) is 0 Å². The number of benzene rings is 1. The molecule has 0 spiro atoms. The molecular formula is C25H28N6. The maximum Gasteiger partial charge on any atom is 0.200 e. The zero-order chi connectivity index (χ0) is 21.6. The Balaban J connectivity index is 1.61. The van der Waals surface area contributed by atoms with Gasteiger partial charge in [-0.3, -0.25) is 0 Å². The lowest BCUT2D eigenvalue weighted by atomic mass is 10.0. The second kappa shape index (κ2) is 9.48. The Morgan fingerprint density at radius 3 is 2.68 bits per heavy atom. The summed E-state index contributed by atoms with van der Waals surface area (Å²) < 4.78 is 0. The number of nitrogens with one attached hydrogen (secondary N) is 2. The van der Waals surface area contributed by atoms with E-state index in [0.717, 1.165) is 36.5 Å². The van der Waals surface area contributed by atoms with Crippen molar-refractivity contribution >= 4 is 17.4 Å². The Bertz CT molecular complexity index is 1050. The summed E-state index contributed by atoms with van der Waals surface area (Å²) >= 11 is 0. The summed E-state index contributed by atoms with van der Waals surface area (Å²) in [6.07, 6.45) is 6.61. The van der Waals surface area contributed by atoms with Gasteiger partial charge in [-0.1, -0.05) is 49.2 Å². The summed E-state index contributed by atoms with van der Waals surface area (Å²) in [7, 11) is 2.01. The molecule has 0 saturated heterocycles. The highest BCUT2D eigenvalue weighted by atomic mass is 15.2. The zero-order valence-corrected chi connectivity index (χ0v) is 18.1. The summed E-state index contributed by atoms with van der Waals surface area (Å²) in [6, 6.07) is 18.8. The molecular weight excluding hydrogens is 384 g/mol. The van der Waals surface area contributed by atoms with Crippen molar-refractivity contribution in [2.24, 2.45) is 4.99 Å². The fourth-order valence-corrected chi connectivity index (χ4v) is 4.00. The first kappa shape index (κ1) is 20.7. The fraction of sp³-hybridized carbons (Fsp3) is 0.320. The van der Waals surface area contributed by atoms with E-state index in [1.165, 1.54) is 18.4 Å². The number of hydrogen-bond donors (Lipinski definition) is 2. The van der Waals surface area contributed by atoms with Crippen molar-refractivity contribution in [3.8, 4) is 6.07 Å². The Kier molecular flexibility index (Phi) is 6.32. The molecule has 6 heteroatoms. The number of nitrogens with zero attached hydrogens (tertiary/aromatic N) is 4. The monoisotopic (exact) mass is 412 g/mol. The van der Waals surface area contributed by atoms with Crippen LogP contribution in [0.2, 0.25) is 0 Å². The molecule has 2 heterocycles. The molecule has 1 aliphatic heterocycles. The fourth-order valence-electron chi connectivity index (χ4n) is 4.00. The predicted octanol–water partition coefficient (Wildman–Crippen LogP) is 4.35. The normalized spacial score (nSPS) is 19.3. The molecule has 4 rings (SSSR count). The van der Waals surface area contributed by atoms with Crippen LogP contribution >= 0.6 is 0 Å².